The first-order chi connectivity index (χ1) is 6.22. The Morgan fingerprint density at radius 1 is 1.46 bits per heavy atom. The number of oxime groups is 1. The Hall–Kier alpha value is -1.64. The summed E-state index contributed by atoms with van der Waals surface area (Å²) in [6.07, 6.45) is 0.451. The van der Waals surface area contributed by atoms with Crippen LogP contribution in [0.4, 0.5) is 0 Å². The molecule has 3 nitrogen and oxygen atoms in total. The van der Waals surface area contributed by atoms with Crippen molar-refractivity contribution in [2.75, 3.05) is 0 Å². The van der Waals surface area contributed by atoms with E-state index in [0.29, 0.717) is 12.0 Å². The van der Waals surface area contributed by atoms with E-state index in [1.165, 1.54) is 0 Å². The van der Waals surface area contributed by atoms with Crippen LogP contribution in [0.5, 0.6) is 0 Å². The fourth-order valence-electron chi connectivity index (χ4n) is 1.59. The summed E-state index contributed by atoms with van der Waals surface area (Å²) in [4.78, 5) is 11.4. The summed E-state index contributed by atoms with van der Waals surface area (Å²) in [5.41, 5.74) is 2.97. The van der Waals surface area contributed by atoms with Gasteiger partial charge in [-0.05, 0) is 12.5 Å². The molecule has 0 aromatic heterocycles. The zero-order valence-electron chi connectivity index (χ0n) is 7.24. The molecule has 0 spiro atoms. The quantitative estimate of drug-likeness (QED) is 0.480. The lowest BCUT2D eigenvalue weighted by Crippen LogP contribution is -2.06. The molecule has 2 rings (SSSR count). The predicted octanol–water partition coefficient (Wildman–Crippen LogP) is 1.56. The van der Waals surface area contributed by atoms with E-state index in [1.807, 2.05) is 19.1 Å². The summed E-state index contributed by atoms with van der Waals surface area (Å²) in [6.45, 7) is 1.97. The number of carbonyl (C=O) groups is 1. The molecule has 13 heavy (non-hydrogen) atoms. The summed E-state index contributed by atoms with van der Waals surface area (Å²) in [5.74, 6) is -0.155. The van der Waals surface area contributed by atoms with Crippen LogP contribution in [0.1, 0.15) is 21.5 Å². The molecule has 1 aromatic rings. The second-order valence-corrected chi connectivity index (χ2v) is 3.21. The second-order valence-electron chi connectivity index (χ2n) is 3.21. The largest absolute Gasteiger partial charge is 0.411 e. The zero-order valence-corrected chi connectivity index (χ0v) is 7.24. The van der Waals surface area contributed by atoms with Crippen LogP contribution in [0.25, 0.3) is 0 Å². The number of aryl methyl sites for hydroxylation is 1. The van der Waals surface area contributed by atoms with Crippen LogP contribution in [0.2, 0.25) is 0 Å². The van der Waals surface area contributed by atoms with E-state index in [9.17, 15) is 4.79 Å². The average molecular weight is 175 g/mol. The monoisotopic (exact) mass is 175 g/mol. The fraction of sp³-hybridized carbons (Fsp3) is 0.200. The van der Waals surface area contributed by atoms with E-state index in [2.05, 4.69) is 5.16 Å². The van der Waals surface area contributed by atoms with Crippen LogP contribution in [0.3, 0.4) is 0 Å². The van der Waals surface area contributed by atoms with E-state index in [0.717, 1.165) is 11.1 Å². The number of carbonyl (C=O) groups excluding carboxylic acids is 1. The molecule has 0 fully saturated rings. The topological polar surface area (TPSA) is 49.7 Å². The van der Waals surface area contributed by atoms with Gasteiger partial charge in [0.2, 0.25) is 5.78 Å². The van der Waals surface area contributed by atoms with Gasteiger partial charge < -0.3 is 5.21 Å². The van der Waals surface area contributed by atoms with Crippen LogP contribution in [0, 0.1) is 6.92 Å². The van der Waals surface area contributed by atoms with E-state index in [-0.39, 0.29) is 11.5 Å². The summed E-state index contributed by atoms with van der Waals surface area (Å²) in [7, 11) is 0. The van der Waals surface area contributed by atoms with E-state index >= 15 is 0 Å². The van der Waals surface area contributed by atoms with Gasteiger partial charge >= 0.3 is 0 Å². The van der Waals surface area contributed by atoms with Gasteiger partial charge in [-0.1, -0.05) is 28.9 Å². The van der Waals surface area contributed by atoms with E-state index in [1.54, 1.807) is 6.07 Å². The second kappa shape index (κ2) is 2.69. The first-order valence-electron chi connectivity index (χ1n) is 4.07. The van der Waals surface area contributed by atoms with Crippen LogP contribution in [0.15, 0.2) is 23.4 Å². The summed E-state index contributed by atoms with van der Waals surface area (Å²) < 4.78 is 0. The van der Waals surface area contributed by atoms with Crippen LogP contribution in [-0.4, -0.2) is 16.7 Å². The molecule has 0 saturated heterocycles. The molecule has 1 aromatic carbocycles. The third-order valence-electron chi connectivity index (χ3n) is 2.25. The van der Waals surface area contributed by atoms with Gasteiger partial charge in [-0.3, -0.25) is 4.79 Å². The molecule has 66 valence electrons. The Labute approximate surface area is 75.7 Å². The maximum atomic E-state index is 11.4. The third-order valence-corrected chi connectivity index (χ3v) is 2.25. The van der Waals surface area contributed by atoms with Crippen molar-refractivity contribution in [2.24, 2.45) is 5.16 Å². The molecule has 1 N–H and O–H groups in total. The number of hydrogen-bond acceptors (Lipinski definition) is 3. The Balaban J connectivity index is 2.56. The number of ketones is 1. The number of rotatable bonds is 0. The van der Waals surface area contributed by atoms with Crippen molar-refractivity contribution in [3.8, 4) is 0 Å². The lowest BCUT2D eigenvalue weighted by molar-refractivity contribution is 0.106. The van der Waals surface area contributed by atoms with Gasteiger partial charge in [0.05, 0.1) is 0 Å². The number of Topliss-reactive ketones (excluding diaryl/α,β-unsaturated/α-hetero) is 1. The molecular weight excluding hydrogens is 166 g/mol. The summed E-state index contributed by atoms with van der Waals surface area (Å²) >= 11 is 0. The molecule has 0 saturated carbocycles. The molecule has 3 heteroatoms. The molecule has 1 aliphatic rings. The maximum absolute atomic E-state index is 11.4. The molecule has 1 aliphatic carbocycles. The first kappa shape index (κ1) is 7.98. The Bertz CT molecular complexity index is 407. The van der Waals surface area contributed by atoms with Crippen molar-refractivity contribution in [1.29, 1.82) is 0 Å². The van der Waals surface area contributed by atoms with Gasteiger partial charge in [-0.25, -0.2) is 0 Å². The minimum Gasteiger partial charge on any atom is -0.411 e. The van der Waals surface area contributed by atoms with Crippen molar-refractivity contribution in [3.05, 3.63) is 34.9 Å². The van der Waals surface area contributed by atoms with Gasteiger partial charge in [-0.15, -0.1) is 0 Å². The highest BCUT2D eigenvalue weighted by molar-refractivity contribution is 6.49. The highest BCUT2D eigenvalue weighted by Gasteiger charge is 2.26. The van der Waals surface area contributed by atoms with Gasteiger partial charge in [0, 0.05) is 12.0 Å². The lowest BCUT2D eigenvalue weighted by Gasteiger charge is -1.96. The van der Waals surface area contributed by atoms with Crippen LogP contribution >= 0.6 is 0 Å². The van der Waals surface area contributed by atoms with Gasteiger partial charge in [0.15, 0.2) is 0 Å². The average Bonchev–Trinajstić information content (AvgIpc) is 2.42. The summed E-state index contributed by atoms with van der Waals surface area (Å²) in [6, 6.07) is 5.62. The number of benzene rings is 1. The standard InChI is InChI=1S/C10H9NO2/c1-6-2-3-8-7(4-6)5-9(11-13)10(8)12/h2-4,13H,5H2,1H3. The van der Waals surface area contributed by atoms with Crippen LogP contribution in [-0.2, 0) is 6.42 Å². The highest BCUT2D eigenvalue weighted by Crippen LogP contribution is 2.21. The normalized spacial score (nSPS) is 17.9. The molecule has 0 amide bonds. The maximum Gasteiger partial charge on any atom is 0.211 e. The van der Waals surface area contributed by atoms with Gasteiger partial charge in [0.25, 0.3) is 0 Å². The van der Waals surface area contributed by atoms with E-state index in [4.69, 9.17) is 5.21 Å². The lowest BCUT2D eigenvalue weighted by atomic mass is 10.1. The SMILES string of the molecule is Cc1ccc2c(c1)CC(=NO)C2=O. The fourth-order valence-corrected chi connectivity index (χ4v) is 1.59. The highest BCUT2D eigenvalue weighted by atomic mass is 16.4. The van der Waals surface area contributed by atoms with Crippen molar-refractivity contribution in [2.45, 2.75) is 13.3 Å². The molecule has 0 heterocycles. The van der Waals surface area contributed by atoms with Crippen LogP contribution < -0.4 is 0 Å². The van der Waals surface area contributed by atoms with Crippen molar-refractivity contribution >= 4 is 11.5 Å². The molecule has 0 atom stereocenters. The zero-order chi connectivity index (χ0) is 9.42. The first-order valence-corrected chi connectivity index (χ1v) is 4.07. The van der Waals surface area contributed by atoms with Gasteiger partial charge in [0.1, 0.15) is 5.71 Å². The Morgan fingerprint density at radius 2 is 2.23 bits per heavy atom. The number of nitrogens with zero attached hydrogens (tertiary/aromatic N) is 1. The van der Waals surface area contributed by atoms with Crippen molar-refractivity contribution in [1.82, 2.24) is 0 Å². The predicted molar refractivity (Wildman–Crippen MR) is 48.4 cm³/mol. The Kier molecular flexibility index (Phi) is 1.65. The number of hydrogen-bond donors (Lipinski definition) is 1. The van der Waals surface area contributed by atoms with Crippen molar-refractivity contribution < 1.29 is 10.0 Å². The summed E-state index contributed by atoms with van der Waals surface area (Å²) in [5, 5.41) is 11.5. The molecule has 0 bridgehead atoms. The molecular formula is C10H9NO2. The molecule has 0 unspecified atom stereocenters. The van der Waals surface area contributed by atoms with Gasteiger partial charge in [-0.2, -0.15) is 0 Å². The minimum absolute atomic E-state index is 0.155. The molecule has 0 radical (unpaired) electrons. The smallest absolute Gasteiger partial charge is 0.211 e. The van der Waals surface area contributed by atoms with Crippen molar-refractivity contribution in [3.63, 3.8) is 0 Å². The minimum atomic E-state index is -0.155. The number of fused-ring (bicyclic) bond motifs is 1. The Morgan fingerprint density at radius 3 is 2.92 bits per heavy atom. The van der Waals surface area contributed by atoms with E-state index < -0.39 is 0 Å². The third kappa shape index (κ3) is 1.13. The molecule has 0 aliphatic heterocycles.